The van der Waals surface area contributed by atoms with Crippen molar-refractivity contribution in [2.45, 2.75) is 67.2 Å². The molecule has 0 saturated carbocycles. The third-order valence-corrected chi connectivity index (χ3v) is 6.38. The number of methoxy groups -OCH3 is 1. The molecule has 0 aliphatic heterocycles. The maximum absolute atomic E-state index is 9.51. The van der Waals surface area contributed by atoms with Crippen molar-refractivity contribution in [2.24, 2.45) is 11.8 Å². The van der Waals surface area contributed by atoms with Gasteiger partial charge in [-0.25, -0.2) is 0 Å². The van der Waals surface area contributed by atoms with Crippen LogP contribution in [0.1, 0.15) is 78.4 Å². The summed E-state index contributed by atoms with van der Waals surface area (Å²) >= 11 is 0. The van der Waals surface area contributed by atoms with Gasteiger partial charge in [-0.2, -0.15) is 0 Å². The number of phenols is 1. The van der Waals surface area contributed by atoms with E-state index >= 15 is 0 Å². The van der Waals surface area contributed by atoms with E-state index in [1.165, 1.54) is 17.5 Å². The first-order valence-electron chi connectivity index (χ1n) is 12.3. The second-order valence-electron chi connectivity index (χ2n) is 9.88. The van der Waals surface area contributed by atoms with Crippen LogP contribution in [0.15, 0.2) is 48.5 Å². The molecule has 4 heteroatoms. The Kier molecular flexibility index (Phi) is 18.3. The topological polar surface area (TPSA) is 35.9 Å². The van der Waals surface area contributed by atoms with Gasteiger partial charge >= 0.3 is 0 Å². The molecule has 0 spiro atoms. The van der Waals surface area contributed by atoms with E-state index in [4.69, 9.17) is 4.74 Å². The highest BCUT2D eigenvalue weighted by molar-refractivity contribution is 5.31. The standard InChI is InChI=1S/C15H25NO.C14H23NO.2CH4/c1-6-15(12(2)11-16(3)4)13-8-7-9-14(10-13)17-5;1-5-14(11(2)10-15(3)4)12-7-6-8-13(16)9-12;;/h7-10,12,15H,6,11H2,1-5H3;6-9,11,14,16H,5,10H2,1-4H3;2*1H4. The number of ether oxygens (including phenoxy) is 1. The summed E-state index contributed by atoms with van der Waals surface area (Å²) in [5, 5.41) is 9.51. The lowest BCUT2D eigenvalue weighted by Gasteiger charge is -2.26. The van der Waals surface area contributed by atoms with Crippen molar-refractivity contribution in [2.75, 3.05) is 48.4 Å². The fraction of sp³-hybridized carbons (Fsp3) is 0.613. The number of hydrogen-bond acceptors (Lipinski definition) is 4. The first-order chi connectivity index (χ1) is 15.6. The van der Waals surface area contributed by atoms with Crippen molar-refractivity contribution >= 4 is 0 Å². The summed E-state index contributed by atoms with van der Waals surface area (Å²) in [5.41, 5.74) is 2.64. The summed E-state index contributed by atoms with van der Waals surface area (Å²) in [5.74, 6) is 3.71. The maximum Gasteiger partial charge on any atom is 0.119 e. The Morgan fingerprint density at radius 2 is 1.17 bits per heavy atom. The molecule has 202 valence electrons. The van der Waals surface area contributed by atoms with Gasteiger partial charge in [0.1, 0.15) is 11.5 Å². The highest BCUT2D eigenvalue weighted by Gasteiger charge is 2.19. The molecule has 2 aromatic carbocycles. The van der Waals surface area contributed by atoms with Gasteiger partial charge in [-0.15, -0.1) is 0 Å². The molecule has 2 rings (SSSR count). The Hall–Kier alpha value is -2.04. The van der Waals surface area contributed by atoms with E-state index in [0.717, 1.165) is 25.3 Å². The molecule has 35 heavy (non-hydrogen) atoms. The lowest BCUT2D eigenvalue weighted by molar-refractivity contribution is 0.301. The molecule has 0 fully saturated rings. The van der Waals surface area contributed by atoms with Crippen LogP contribution in [0, 0.1) is 11.8 Å². The molecule has 0 aromatic heterocycles. The number of nitrogens with zero attached hydrogens (tertiary/aromatic N) is 2. The van der Waals surface area contributed by atoms with Gasteiger partial charge in [-0.05, 0) is 100 Å². The van der Waals surface area contributed by atoms with E-state index in [1.54, 1.807) is 13.2 Å². The molecule has 0 radical (unpaired) electrons. The Morgan fingerprint density at radius 1 is 0.743 bits per heavy atom. The molecule has 0 aliphatic carbocycles. The third kappa shape index (κ3) is 12.5. The molecule has 0 aliphatic rings. The van der Waals surface area contributed by atoms with Crippen LogP contribution in [0.3, 0.4) is 0 Å². The molecule has 0 amide bonds. The van der Waals surface area contributed by atoms with Crippen LogP contribution in [0.4, 0.5) is 0 Å². The lowest BCUT2D eigenvalue weighted by Crippen LogP contribution is -2.24. The van der Waals surface area contributed by atoms with Gasteiger partial charge in [0, 0.05) is 13.1 Å². The average Bonchev–Trinajstić information content (AvgIpc) is 2.74. The van der Waals surface area contributed by atoms with E-state index in [-0.39, 0.29) is 14.9 Å². The minimum Gasteiger partial charge on any atom is -0.508 e. The Balaban J connectivity index is 0. The van der Waals surface area contributed by atoms with Crippen LogP contribution in [0.5, 0.6) is 11.5 Å². The average molecular weight is 489 g/mol. The van der Waals surface area contributed by atoms with Gasteiger partial charge in [-0.1, -0.05) is 66.8 Å². The van der Waals surface area contributed by atoms with Crippen molar-refractivity contribution in [3.05, 3.63) is 59.7 Å². The molecular formula is C31H56N2O2. The van der Waals surface area contributed by atoms with Crippen molar-refractivity contribution in [3.8, 4) is 11.5 Å². The molecular weight excluding hydrogens is 432 g/mol. The second kappa shape index (κ2) is 18.3. The fourth-order valence-corrected chi connectivity index (χ4v) is 4.97. The predicted octanol–water partition coefficient (Wildman–Crippen LogP) is 7.74. The summed E-state index contributed by atoms with van der Waals surface area (Å²) in [6, 6.07) is 16.1. The van der Waals surface area contributed by atoms with Crippen LogP contribution >= 0.6 is 0 Å². The summed E-state index contributed by atoms with van der Waals surface area (Å²) in [7, 11) is 10.2. The zero-order valence-corrected chi connectivity index (χ0v) is 22.5. The first-order valence-corrected chi connectivity index (χ1v) is 12.3. The zero-order chi connectivity index (χ0) is 25.0. The van der Waals surface area contributed by atoms with Crippen molar-refractivity contribution < 1.29 is 9.84 Å². The van der Waals surface area contributed by atoms with Crippen LogP contribution < -0.4 is 4.74 Å². The molecule has 4 nitrogen and oxygen atoms in total. The monoisotopic (exact) mass is 488 g/mol. The van der Waals surface area contributed by atoms with Crippen LogP contribution in [0.2, 0.25) is 0 Å². The van der Waals surface area contributed by atoms with Crippen molar-refractivity contribution in [3.63, 3.8) is 0 Å². The van der Waals surface area contributed by atoms with E-state index in [0.29, 0.717) is 29.4 Å². The number of phenolic OH excluding ortho intramolecular Hbond substituents is 1. The third-order valence-electron chi connectivity index (χ3n) is 6.38. The van der Waals surface area contributed by atoms with Crippen molar-refractivity contribution in [1.82, 2.24) is 9.80 Å². The van der Waals surface area contributed by atoms with Crippen molar-refractivity contribution in [1.29, 1.82) is 0 Å². The van der Waals surface area contributed by atoms with Crippen LogP contribution in [-0.2, 0) is 0 Å². The highest BCUT2D eigenvalue weighted by Crippen LogP contribution is 2.31. The molecule has 1 N–H and O–H groups in total. The number of hydrogen-bond donors (Lipinski definition) is 1. The van der Waals surface area contributed by atoms with Crippen LogP contribution in [-0.4, -0.2) is 63.3 Å². The van der Waals surface area contributed by atoms with E-state index in [1.807, 2.05) is 18.2 Å². The smallest absolute Gasteiger partial charge is 0.119 e. The summed E-state index contributed by atoms with van der Waals surface area (Å²) in [6.07, 6.45) is 2.28. The molecule has 0 heterocycles. The maximum atomic E-state index is 9.51. The van der Waals surface area contributed by atoms with Gasteiger partial charge in [-0.3, -0.25) is 0 Å². The minimum atomic E-state index is 0. The molecule has 4 unspecified atom stereocenters. The molecule has 4 atom stereocenters. The first kappa shape index (κ1) is 35.1. The number of rotatable bonds is 11. The normalized spacial score (nSPS) is 14.0. The Bertz CT molecular complexity index is 791. The highest BCUT2D eigenvalue weighted by atomic mass is 16.5. The largest absolute Gasteiger partial charge is 0.508 e. The Morgan fingerprint density at radius 3 is 1.54 bits per heavy atom. The number of benzene rings is 2. The van der Waals surface area contributed by atoms with Gasteiger partial charge < -0.3 is 19.6 Å². The van der Waals surface area contributed by atoms with Gasteiger partial charge in [0.05, 0.1) is 7.11 Å². The quantitative estimate of drug-likeness (QED) is 0.351. The van der Waals surface area contributed by atoms with Gasteiger partial charge in [0.2, 0.25) is 0 Å². The van der Waals surface area contributed by atoms with Crippen LogP contribution in [0.25, 0.3) is 0 Å². The molecule has 2 aromatic rings. The van der Waals surface area contributed by atoms with E-state index < -0.39 is 0 Å². The summed E-state index contributed by atoms with van der Waals surface area (Å²) in [4.78, 5) is 4.48. The zero-order valence-electron chi connectivity index (χ0n) is 22.5. The molecule has 0 bridgehead atoms. The summed E-state index contributed by atoms with van der Waals surface area (Å²) < 4.78 is 5.30. The van der Waals surface area contributed by atoms with E-state index in [9.17, 15) is 5.11 Å². The van der Waals surface area contributed by atoms with Gasteiger partial charge in [0.15, 0.2) is 0 Å². The Labute approximate surface area is 218 Å². The number of aromatic hydroxyl groups is 1. The van der Waals surface area contributed by atoms with E-state index in [2.05, 4.69) is 90.0 Å². The second-order valence-corrected chi connectivity index (χ2v) is 9.88. The van der Waals surface area contributed by atoms with Gasteiger partial charge in [0.25, 0.3) is 0 Å². The fourth-order valence-electron chi connectivity index (χ4n) is 4.97. The lowest BCUT2D eigenvalue weighted by atomic mass is 9.85. The predicted molar refractivity (Wildman–Crippen MR) is 156 cm³/mol. The summed E-state index contributed by atoms with van der Waals surface area (Å²) in [6.45, 7) is 11.3. The minimum absolute atomic E-state index is 0. The molecule has 0 saturated heterocycles. The SMILES string of the molecule is C.C.CCC(c1cccc(O)c1)C(C)CN(C)C.CCC(c1cccc(OC)c1)C(C)CN(C)C.